The Hall–Kier alpha value is -2.57. The van der Waals surface area contributed by atoms with Crippen molar-refractivity contribution in [2.24, 2.45) is 11.3 Å². The van der Waals surface area contributed by atoms with E-state index in [4.69, 9.17) is 4.74 Å². The van der Waals surface area contributed by atoms with E-state index in [1.807, 2.05) is 37.8 Å². The second-order valence-electron chi connectivity index (χ2n) is 11.4. The Morgan fingerprint density at radius 1 is 1.00 bits per heavy atom. The van der Waals surface area contributed by atoms with E-state index in [-0.39, 0.29) is 23.5 Å². The van der Waals surface area contributed by atoms with Crippen LogP contribution in [-0.4, -0.2) is 47.7 Å². The lowest BCUT2D eigenvalue weighted by atomic mass is 9.71. The monoisotopic (exact) mass is 474 g/mol. The number of rotatable bonds is 6. The number of carbonyl (C=O) groups excluding carboxylic acids is 3. The highest BCUT2D eigenvalue weighted by atomic mass is 16.6. The van der Waals surface area contributed by atoms with Gasteiger partial charge in [0.05, 0.1) is 7.11 Å². The van der Waals surface area contributed by atoms with E-state index in [0.29, 0.717) is 18.0 Å². The molecule has 1 aromatic rings. The molecule has 1 saturated carbocycles. The Bertz CT molecular complexity index is 843. The van der Waals surface area contributed by atoms with Gasteiger partial charge in [-0.1, -0.05) is 32.9 Å². The van der Waals surface area contributed by atoms with E-state index >= 15 is 0 Å². The maximum Gasteiger partial charge on any atom is 0.410 e. The predicted octanol–water partition coefficient (Wildman–Crippen LogP) is 5.32. The molecule has 0 radical (unpaired) electrons. The first kappa shape index (κ1) is 27.7. The molecule has 1 aromatic carbocycles. The highest BCUT2D eigenvalue weighted by Crippen LogP contribution is 2.39. The Labute approximate surface area is 204 Å². The molecule has 34 heavy (non-hydrogen) atoms. The van der Waals surface area contributed by atoms with Crippen LogP contribution in [0.1, 0.15) is 90.1 Å². The van der Waals surface area contributed by atoms with Gasteiger partial charge in [0.15, 0.2) is 0 Å². The van der Waals surface area contributed by atoms with Gasteiger partial charge in [-0.15, -0.1) is 0 Å². The SMILES string of the molecule is COC(=O)C(C)NC(=O)c1ccc(CN(C(=O)OC(C)(C)C)[C@H]2CC[C@H](C(C)(C)C)CC2)cc1. The summed E-state index contributed by atoms with van der Waals surface area (Å²) in [5, 5.41) is 2.62. The predicted molar refractivity (Wildman–Crippen MR) is 132 cm³/mol. The average molecular weight is 475 g/mol. The summed E-state index contributed by atoms with van der Waals surface area (Å²) < 4.78 is 10.4. The lowest BCUT2D eigenvalue weighted by Crippen LogP contribution is -2.45. The summed E-state index contributed by atoms with van der Waals surface area (Å²) in [6.07, 6.45) is 3.77. The Morgan fingerprint density at radius 2 is 1.56 bits per heavy atom. The molecule has 0 saturated heterocycles. The minimum atomic E-state index is -0.733. The van der Waals surface area contributed by atoms with Gasteiger partial charge in [0.25, 0.3) is 5.91 Å². The van der Waals surface area contributed by atoms with Crippen LogP contribution in [0, 0.1) is 11.3 Å². The van der Waals surface area contributed by atoms with Crippen LogP contribution < -0.4 is 5.32 Å². The lowest BCUT2D eigenvalue weighted by Gasteiger charge is -2.41. The first-order valence-electron chi connectivity index (χ1n) is 12.2. The molecule has 1 N–H and O–H groups in total. The standard InChI is InChI=1S/C27H42N2O5/c1-18(24(31)33-8)28-23(30)20-11-9-19(10-12-20)17-29(25(32)34-27(5,6)7)22-15-13-21(14-16-22)26(2,3)4/h9-12,18,21-22H,13-17H2,1-8H3,(H,28,30)/t18?,21-,22-. The summed E-state index contributed by atoms with van der Waals surface area (Å²) in [7, 11) is 1.28. The Kier molecular flexibility index (Phi) is 9.15. The van der Waals surface area contributed by atoms with Crippen LogP contribution in [0.5, 0.6) is 0 Å². The van der Waals surface area contributed by atoms with E-state index in [1.165, 1.54) is 7.11 Å². The van der Waals surface area contributed by atoms with Crippen molar-refractivity contribution in [2.75, 3.05) is 7.11 Å². The van der Waals surface area contributed by atoms with E-state index in [2.05, 4.69) is 30.8 Å². The fourth-order valence-electron chi connectivity index (χ4n) is 4.39. The first-order valence-corrected chi connectivity index (χ1v) is 12.2. The van der Waals surface area contributed by atoms with Gasteiger partial charge >= 0.3 is 12.1 Å². The zero-order valence-electron chi connectivity index (χ0n) is 22.1. The van der Waals surface area contributed by atoms with E-state index < -0.39 is 17.6 Å². The molecule has 2 rings (SSSR count). The normalized spacial score (nSPS) is 19.6. The van der Waals surface area contributed by atoms with E-state index in [1.54, 1.807) is 19.1 Å². The molecule has 0 aliphatic heterocycles. The second kappa shape index (κ2) is 11.2. The topological polar surface area (TPSA) is 84.9 Å². The van der Waals surface area contributed by atoms with Crippen molar-refractivity contribution in [1.82, 2.24) is 10.2 Å². The van der Waals surface area contributed by atoms with Crippen molar-refractivity contribution in [1.29, 1.82) is 0 Å². The number of nitrogens with one attached hydrogen (secondary N) is 1. The molecule has 7 nitrogen and oxygen atoms in total. The number of hydrogen-bond donors (Lipinski definition) is 1. The van der Waals surface area contributed by atoms with Crippen LogP contribution in [0.3, 0.4) is 0 Å². The van der Waals surface area contributed by atoms with E-state index in [9.17, 15) is 14.4 Å². The smallest absolute Gasteiger partial charge is 0.410 e. The van der Waals surface area contributed by atoms with E-state index in [0.717, 1.165) is 31.2 Å². The number of benzene rings is 1. The number of amides is 2. The molecule has 0 aromatic heterocycles. The average Bonchev–Trinajstić information content (AvgIpc) is 2.75. The highest BCUT2D eigenvalue weighted by molar-refractivity contribution is 5.96. The van der Waals surface area contributed by atoms with Crippen LogP contribution in [0.25, 0.3) is 0 Å². The van der Waals surface area contributed by atoms with Crippen LogP contribution in [0.2, 0.25) is 0 Å². The van der Waals surface area contributed by atoms with Gasteiger partial charge in [0, 0.05) is 18.2 Å². The molecule has 1 unspecified atom stereocenters. The number of nitrogens with zero attached hydrogens (tertiary/aromatic N) is 1. The molecule has 7 heteroatoms. The number of esters is 1. The van der Waals surface area contributed by atoms with Crippen molar-refractivity contribution in [2.45, 2.75) is 98.4 Å². The summed E-state index contributed by atoms with van der Waals surface area (Å²) in [6.45, 7) is 14.5. The fourth-order valence-corrected chi connectivity index (χ4v) is 4.39. The van der Waals surface area contributed by atoms with Crippen molar-refractivity contribution < 1.29 is 23.9 Å². The quantitative estimate of drug-likeness (QED) is 0.564. The van der Waals surface area contributed by atoms with Crippen molar-refractivity contribution in [3.05, 3.63) is 35.4 Å². The summed E-state index contributed by atoms with van der Waals surface area (Å²) >= 11 is 0. The van der Waals surface area contributed by atoms with Crippen LogP contribution in [0.15, 0.2) is 24.3 Å². The molecule has 2 amide bonds. The number of hydrogen-bond acceptors (Lipinski definition) is 5. The molecule has 1 aliphatic rings. The minimum Gasteiger partial charge on any atom is -0.467 e. The number of carbonyl (C=O) groups is 3. The third kappa shape index (κ3) is 8.03. The summed E-state index contributed by atoms with van der Waals surface area (Å²) in [5.74, 6) is -0.206. The summed E-state index contributed by atoms with van der Waals surface area (Å²) in [4.78, 5) is 39.0. The fraction of sp³-hybridized carbons (Fsp3) is 0.667. The van der Waals surface area contributed by atoms with Crippen molar-refractivity contribution in [3.63, 3.8) is 0 Å². The van der Waals surface area contributed by atoms with Crippen molar-refractivity contribution >= 4 is 18.0 Å². The molecule has 0 heterocycles. The molecular formula is C27H42N2O5. The number of ether oxygens (including phenoxy) is 2. The summed E-state index contributed by atoms with van der Waals surface area (Å²) in [5.41, 5.74) is 1.05. The van der Waals surface area contributed by atoms with Crippen molar-refractivity contribution in [3.8, 4) is 0 Å². The van der Waals surface area contributed by atoms with Gasteiger partial charge in [0.1, 0.15) is 11.6 Å². The zero-order chi connectivity index (χ0) is 25.7. The first-order chi connectivity index (χ1) is 15.7. The Balaban J connectivity index is 2.13. The van der Waals surface area contributed by atoms with Gasteiger partial charge in [-0.05, 0) is 82.4 Å². The molecule has 190 valence electrons. The van der Waals surface area contributed by atoms with Gasteiger partial charge in [-0.2, -0.15) is 0 Å². The molecule has 0 bridgehead atoms. The molecule has 0 spiro atoms. The third-order valence-electron chi connectivity index (χ3n) is 6.46. The number of methoxy groups -OCH3 is 1. The zero-order valence-corrected chi connectivity index (χ0v) is 22.1. The van der Waals surface area contributed by atoms with Crippen LogP contribution in [-0.2, 0) is 20.8 Å². The third-order valence-corrected chi connectivity index (χ3v) is 6.46. The molecule has 1 fully saturated rings. The van der Waals surface area contributed by atoms with Gasteiger partial charge in [0.2, 0.25) is 0 Å². The maximum atomic E-state index is 13.1. The molecular weight excluding hydrogens is 432 g/mol. The van der Waals surface area contributed by atoms with Gasteiger partial charge < -0.3 is 19.7 Å². The maximum absolute atomic E-state index is 13.1. The molecule has 1 atom stereocenters. The van der Waals surface area contributed by atoms with Crippen LogP contribution >= 0.6 is 0 Å². The van der Waals surface area contributed by atoms with Gasteiger partial charge in [-0.25, -0.2) is 9.59 Å². The molecule has 1 aliphatic carbocycles. The largest absolute Gasteiger partial charge is 0.467 e. The summed E-state index contributed by atoms with van der Waals surface area (Å²) in [6, 6.07) is 6.49. The minimum absolute atomic E-state index is 0.123. The Morgan fingerprint density at radius 3 is 2.03 bits per heavy atom. The van der Waals surface area contributed by atoms with Gasteiger partial charge in [-0.3, -0.25) is 4.79 Å². The highest BCUT2D eigenvalue weighted by Gasteiger charge is 2.35. The van der Waals surface area contributed by atoms with Crippen LogP contribution in [0.4, 0.5) is 4.79 Å². The lowest BCUT2D eigenvalue weighted by molar-refractivity contribution is -0.142. The second-order valence-corrected chi connectivity index (χ2v) is 11.4.